The monoisotopic (exact) mass is 510 g/mol. The Balaban J connectivity index is 1.69. The average Bonchev–Trinajstić information content (AvgIpc) is 2.88. The minimum atomic E-state index is -1.88. The molecule has 0 spiro atoms. The highest BCUT2D eigenvalue weighted by Crippen LogP contribution is 2.56. The van der Waals surface area contributed by atoms with E-state index >= 15 is 8.78 Å². The minimum absolute atomic E-state index is 0.145. The molecule has 0 bridgehead atoms. The normalized spacial score (nSPS) is 39.4. The summed E-state index contributed by atoms with van der Waals surface area (Å²) in [5.41, 5.74) is -0.705. The van der Waals surface area contributed by atoms with Crippen LogP contribution in [-0.2, 0) is 4.79 Å². The van der Waals surface area contributed by atoms with E-state index in [-0.39, 0.29) is 12.3 Å². The first-order chi connectivity index (χ1) is 17.3. The third-order valence-electron chi connectivity index (χ3n) is 11.2. The van der Waals surface area contributed by atoms with E-state index in [9.17, 15) is 9.90 Å². The molecule has 0 aromatic heterocycles. The predicted molar refractivity (Wildman–Crippen MR) is 145 cm³/mol. The Bertz CT molecular complexity index is 653. The number of aliphatic carboxylic acids is 1. The third kappa shape index (κ3) is 6.66. The molecule has 3 rings (SSSR count). The van der Waals surface area contributed by atoms with Crippen LogP contribution in [0.2, 0.25) is 0 Å². The van der Waals surface area contributed by atoms with E-state index in [0.29, 0.717) is 24.7 Å². The number of unbranched alkanes of at least 4 members (excludes halogenated alkanes) is 1. The summed E-state index contributed by atoms with van der Waals surface area (Å²) >= 11 is 0. The van der Waals surface area contributed by atoms with Gasteiger partial charge in [0.2, 0.25) is 0 Å². The SMILES string of the molecule is CCCCC(C(C)C1CCC(C2CCC(CCC)CC2)CC1)C1(CCC)CCC(C(=O)O)C(F)C1F. The van der Waals surface area contributed by atoms with Crippen LogP contribution in [0.15, 0.2) is 0 Å². The molecule has 3 saturated carbocycles. The van der Waals surface area contributed by atoms with E-state index < -0.39 is 29.6 Å². The highest BCUT2D eigenvalue weighted by Gasteiger charge is 2.56. The molecule has 0 amide bonds. The van der Waals surface area contributed by atoms with Gasteiger partial charge >= 0.3 is 5.97 Å². The molecular formula is C32H56F2O2. The number of rotatable bonds is 12. The van der Waals surface area contributed by atoms with E-state index in [4.69, 9.17) is 0 Å². The van der Waals surface area contributed by atoms with Gasteiger partial charge in [-0.3, -0.25) is 4.79 Å². The maximum absolute atomic E-state index is 16.1. The van der Waals surface area contributed by atoms with Crippen LogP contribution in [0.1, 0.15) is 137 Å². The first-order valence-corrected chi connectivity index (χ1v) is 15.8. The summed E-state index contributed by atoms with van der Waals surface area (Å²) in [7, 11) is 0. The average molecular weight is 511 g/mol. The van der Waals surface area contributed by atoms with E-state index in [1.165, 1.54) is 64.2 Å². The second-order valence-electron chi connectivity index (χ2n) is 13.2. The predicted octanol–water partition coefficient (Wildman–Crippen LogP) is 9.80. The van der Waals surface area contributed by atoms with Gasteiger partial charge in [0.15, 0.2) is 0 Å². The summed E-state index contributed by atoms with van der Waals surface area (Å²) < 4.78 is 31.3. The molecule has 0 aromatic carbocycles. The Morgan fingerprint density at radius 1 is 0.889 bits per heavy atom. The van der Waals surface area contributed by atoms with Crippen LogP contribution in [0, 0.1) is 46.8 Å². The summed E-state index contributed by atoms with van der Waals surface area (Å²) in [5.74, 6) is 1.49. The molecular weight excluding hydrogens is 454 g/mol. The molecule has 3 fully saturated rings. The molecule has 3 aliphatic rings. The van der Waals surface area contributed by atoms with Gasteiger partial charge in [-0.05, 0) is 99.7 Å². The van der Waals surface area contributed by atoms with Crippen molar-refractivity contribution < 1.29 is 18.7 Å². The van der Waals surface area contributed by atoms with Crippen molar-refractivity contribution in [1.29, 1.82) is 0 Å². The number of alkyl halides is 2. The smallest absolute Gasteiger partial charge is 0.309 e. The number of carbonyl (C=O) groups is 1. The standard InChI is InChI=1S/C32H56F2O2/c1-5-8-10-28(32(20-7-3)21-19-27(31(35)36)29(33)30(32)34)22(4)24-15-17-26(18-16-24)25-13-11-23(9-6-2)12-14-25/h22-30H,5-21H2,1-4H3,(H,35,36). The van der Waals surface area contributed by atoms with Gasteiger partial charge in [-0.25, -0.2) is 8.78 Å². The minimum Gasteiger partial charge on any atom is -0.481 e. The second kappa shape index (κ2) is 13.9. The number of hydrogen-bond acceptors (Lipinski definition) is 1. The van der Waals surface area contributed by atoms with E-state index in [2.05, 4.69) is 27.7 Å². The molecule has 0 aromatic rings. The van der Waals surface area contributed by atoms with Crippen molar-refractivity contribution in [3.05, 3.63) is 0 Å². The molecule has 6 atom stereocenters. The first kappa shape index (κ1) is 29.9. The lowest BCUT2D eigenvalue weighted by atomic mass is 9.53. The summed E-state index contributed by atoms with van der Waals surface area (Å²) in [6, 6.07) is 0. The Kier molecular flexibility index (Phi) is 11.6. The Labute approximate surface area is 220 Å². The molecule has 0 radical (unpaired) electrons. The molecule has 4 heteroatoms. The lowest BCUT2D eigenvalue weighted by molar-refractivity contribution is -0.156. The molecule has 1 N–H and O–H groups in total. The zero-order chi connectivity index (χ0) is 26.3. The summed E-state index contributed by atoms with van der Waals surface area (Å²) in [5, 5.41) is 9.49. The fraction of sp³-hybridized carbons (Fsp3) is 0.969. The summed E-state index contributed by atoms with van der Waals surface area (Å²) in [6.07, 6.45) is 15.3. The van der Waals surface area contributed by atoms with Gasteiger partial charge < -0.3 is 5.11 Å². The highest BCUT2D eigenvalue weighted by molar-refractivity contribution is 5.71. The lowest BCUT2D eigenvalue weighted by Gasteiger charge is -2.52. The van der Waals surface area contributed by atoms with Gasteiger partial charge in [-0.2, -0.15) is 0 Å². The molecule has 210 valence electrons. The van der Waals surface area contributed by atoms with Crippen LogP contribution in [0.5, 0.6) is 0 Å². The number of carboxylic acid groups (broad SMARTS) is 1. The highest BCUT2D eigenvalue weighted by atomic mass is 19.2. The van der Waals surface area contributed by atoms with Crippen LogP contribution >= 0.6 is 0 Å². The fourth-order valence-corrected chi connectivity index (χ4v) is 9.13. The van der Waals surface area contributed by atoms with Gasteiger partial charge in [0.05, 0.1) is 5.92 Å². The van der Waals surface area contributed by atoms with Crippen LogP contribution < -0.4 is 0 Å². The molecule has 2 nitrogen and oxygen atoms in total. The van der Waals surface area contributed by atoms with Crippen molar-refractivity contribution in [2.75, 3.05) is 0 Å². The second-order valence-corrected chi connectivity index (χ2v) is 13.2. The van der Waals surface area contributed by atoms with Crippen molar-refractivity contribution in [1.82, 2.24) is 0 Å². The van der Waals surface area contributed by atoms with Crippen molar-refractivity contribution in [3.8, 4) is 0 Å². The quantitative estimate of drug-likeness (QED) is 0.284. The summed E-state index contributed by atoms with van der Waals surface area (Å²) in [6.45, 7) is 8.90. The first-order valence-electron chi connectivity index (χ1n) is 15.8. The maximum atomic E-state index is 16.1. The van der Waals surface area contributed by atoms with Gasteiger partial charge in [0.1, 0.15) is 12.3 Å². The van der Waals surface area contributed by atoms with Crippen molar-refractivity contribution in [2.24, 2.45) is 46.8 Å². The van der Waals surface area contributed by atoms with Crippen molar-refractivity contribution in [3.63, 3.8) is 0 Å². The van der Waals surface area contributed by atoms with E-state index in [1.807, 2.05) is 0 Å². The molecule has 0 heterocycles. The number of hydrogen-bond donors (Lipinski definition) is 1. The number of halogens is 2. The fourth-order valence-electron chi connectivity index (χ4n) is 9.13. The molecule has 6 unspecified atom stereocenters. The third-order valence-corrected chi connectivity index (χ3v) is 11.2. The molecule has 36 heavy (non-hydrogen) atoms. The van der Waals surface area contributed by atoms with Crippen LogP contribution in [-0.4, -0.2) is 23.4 Å². The van der Waals surface area contributed by atoms with E-state index in [1.54, 1.807) is 0 Å². The van der Waals surface area contributed by atoms with Crippen LogP contribution in [0.4, 0.5) is 8.78 Å². The Morgan fingerprint density at radius 3 is 2.03 bits per heavy atom. The largest absolute Gasteiger partial charge is 0.481 e. The maximum Gasteiger partial charge on any atom is 0.309 e. The van der Waals surface area contributed by atoms with Gasteiger partial charge in [0.25, 0.3) is 0 Å². The zero-order valence-corrected chi connectivity index (χ0v) is 23.8. The molecule has 0 aliphatic heterocycles. The Morgan fingerprint density at radius 2 is 1.50 bits per heavy atom. The van der Waals surface area contributed by atoms with Crippen LogP contribution in [0.3, 0.4) is 0 Å². The topological polar surface area (TPSA) is 37.3 Å². The van der Waals surface area contributed by atoms with Gasteiger partial charge in [-0.15, -0.1) is 0 Å². The van der Waals surface area contributed by atoms with E-state index in [0.717, 1.165) is 43.4 Å². The molecule has 3 aliphatic carbocycles. The zero-order valence-electron chi connectivity index (χ0n) is 23.8. The Hall–Kier alpha value is -0.670. The molecule has 0 saturated heterocycles. The van der Waals surface area contributed by atoms with Crippen molar-refractivity contribution in [2.45, 2.75) is 149 Å². The van der Waals surface area contributed by atoms with Gasteiger partial charge in [0, 0.05) is 5.41 Å². The summed E-state index contributed by atoms with van der Waals surface area (Å²) in [4.78, 5) is 11.6. The van der Waals surface area contributed by atoms with Crippen LogP contribution in [0.25, 0.3) is 0 Å². The van der Waals surface area contributed by atoms with Crippen molar-refractivity contribution >= 4 is 5.97 Å². The lowest BCUT2D eigenvalue weighted by Crippen LogP contribution is -2.54. The van der Waals surface area contributed by atoms with Gasteiger partial charge in [-0.1, -0.05) is 72.6 Å². The number of carboxylic acids is 1.